The van der Waals surface area contributed by atoms with E-state index < -0.39 is 80.2 Å². The lowest BCUT2D eigenvalue weighted by atomic mass is 9.98. The van der Waals surface area contributed by atoms with Crippen molar-refractivity contribution in [2.24, 2.45) is 0 Å². The van der Waals surface area contributed by atoms with Gasteiger partial charge >= 0.3 is 0 Å². The summed E-state index contributed by atoms with van der Waals surface area (Å²) in [6, 6.07) is 0. The van der Waals surface area contributed by atoms with Crippen LogP contribution in [0.4, 0.5) is 26.3 Å². The highest BCUT2D eigenvalue weighted by Gasteiger charge is 2.42. The van der Waals surface area contributed by atoms with E-state index in [1.807, 2.05) is 0 Å². The predicted molar refractivity (Wildman–Crippen MR) is 94.3 cm³/mol. The van der Waals surface area contributed by atoms with Crippen LogP contribution in [0.3, 0.4) is 0 Å². The van der Waals surface area contributed by atoms with Crippen molar-refractivity contribution in [3.05, 3.63) is 34.9 Å². The molecular formula is C20H12F6O4. The highest BCUT2D eigenvalue weighted by molar-refractivity contribution is 6.22. The van der Waals surface area contributed by atoms with Crippen LogP contribution in [0.25, 0.3) is 33.0 Å². The van der Waals surface area contributed by atoms with Crippen LogP contribution in [0.2, 0.25) is 0 Å². The Bertz CT molecular complexity index is 1160. The van der Waals surface area contributed by atoms with Gasteiger partial charge in [0.2, 0.25) is 11.6 Å². The zero-order chi connectivity index (χ0) is 22.1. The summed E-state index contributed by atoms with van der Waals surface area (Å²) in [6.07, 6.45) is 0. The smallest absolute Gasteiger partial charge is 0.208 e. The van der Waals surface area contributed by atoms with Gasteiger partial charge in [-0.2, -0.15) is 8.78 Å². The van der Waals surface area contributed by atoms with E-state index in [1.54, 1.807) is 0 Å². The second kappa shape index (κ2) is 6.61. The molecule has 0 unspecified atom stereocenters. The maximum Gasteiger partial charge on any atom is 0.208 e. The van der Waals surface area contributed by atoms with Crippen LogP contribution in [0.15, 0.2) is 0 Å². The van der Waals surface area contributed by atoms with Crippen LogP contribution in [0.1, 0.15) is 0 Å². The maximum atomic E-state index is 15.2. The van der Waals surface area contributed by atoms with Crippen molar-refractivity contribution < 1.29 is 45.3 Å². The van der Waals surface area contributed by atoms with Gasteiger partial charge in [0.15, 0.2) is 46.3 Å². The maximum absolute atomic E-state index is 15.2. The standard InChI is InChI=1S/C20H12F6O4/c1-27-17-8-5-9(7-6(8)11(21)13(23)14(24)12(7)22)18(28-2)16(26)20(30-4)10(5)19(29-3)15(17)25/h1-4H3. The number of rotatable bonds is 4. The van der Waals surface area contributed by atoms with Gasteiger partial charge < -0.3 is 18.9 Å². The fraction of sp³-hybridized carbons (Fsp3) is 0.200. The minimum Gasteiger partial charge on any atom is -0.493 e. The van der Waals surface area contributed by atoms with E-state index in [-0.39, 0.29) is 10.8 Å². The quantitative estimate of drug-likeness (QED) is 0.248. The first-order valence-corrected chi connectivity index (χ1v) is 8.33. The molecule has 3 aromatic rings. The van der Waals surface area contributed by atoms with Crippen LogP contribution < -0.4 is 18.9 Å². The van der Waals surface area contributed by atoms with E-state index in [1.165, 1.54) is 0 Å². The number of ether oxygens (including phenoxy) is 4. The fourth-order valence-electron chi connectivity index (χ4n) is 3.92. The Hall–Kier alpha value is -3.30. The molecule has 1 aliphatic carbocycles. The number of fused-ring (bicyclic) bond motifs is 3. The molecule has 0 aromatic heterocycles. The van der Waals surface area contributed by atoms with Gasteiger partial charge in [0.1, 0.15) is 0 Å². The number of methoxy groups -OCH3 is 4. The molecular weight excluding hydrogens is 418 g/mol. The molecule has 0 amide bonds. The molecule has 0 atom stereocenters. The highest BCUT2D eigenvalue weighted by atomic mass is 19.2. The molecule has 0 N–H and O–H groups in total. The summed E-state index contributed by atoms with van der Waals surface area (Å²) in [7, 11) is 4.21. The normalized spacial score (nSPS) is 11.7. The molecule has 0 radical (unpaired) electrons. The molecule has 4 rings (SSSR count). The van der Waals surface area contributed by atoms with Crippen molar-refractivity contribution in [3.63, 3.8) is 0 Å². The molecule has 3 aromatic carbocycles. The Kier molecular flexibility index (Phi) is 4.41. The Morgan fingerprint density at radius 3 is 1.00 bits per heavy atom. The van der Waals surface area contributed by atoms with Crippen LogP contribution in [-0.4, -0.2) is 28.4 Å². The van der Waals surface area contributed by atoms with E-state index >= 15 is 8.78 Å². The SMILES string of the molecule is COc1c(F)c(OC)c2c(OC)c(F)c(OC)c3c2c1-c1c(F)c(F)c(F)c(F)c1-3. The first kappa shape index (κ1) is 20.0. The number of benzene rings is 3. The monoisotopic (exact) mass is 430 g/mol. The topological polar surface area (TPSA) is 36.9 Å². The average molecular weight is 430 g/mol. The van der Waals surface area contributed by atoms with Crippen molar-refractivity contribution in [1.29, 1.82) is 0 Å². The van der Waals surface area contributed by atoms with Gasteiger partial charge in [0, 0.05) is 27.6 Å². The number of halogens is 6. The first-order valence-electron chi connectivity index (χ1n) is 8.33. The van der Waals surface area contributed by atoms with Crippen molar-refractivity contribution in [2.45, 2.75) is 0 Å². The van der Waals surface area contributed by atoms with Gasteiger partial charge in [0.05, 0.1) is 33.8 Å². The van der Waals surface area contributed by atoms with E-state index in [2.05, 4.69) is 0 Å². The molecule has 10 heteroatoms. The predicted octanol–water partition coefficient (Wildman–Crippen LogP) is 5.36. The summed E-state index contributed by atoms with van der Waals surface area (Å²) in [6.45, 7) is 0. The van der Waals surface area contributed by atoms with Crippen LogP contribution in [-0.2, 0) is 0 Å². The summed E-state index contributed by atoms with van der Waals surface area (Å²) in [5, 5.41) is -0.560. The molecule has 0 saturated carbocycles. The third-order valence-corrected chi connectivity index (χ3v) is 5.04. The zero-order valence-corrected chi connectivity index (χ0v) is 15.9. The van der Waals surface area contributed by atoms with Crippen LogP contribution in [0, 0.1) is 34.9 Å². The Labute approximate surface area is 165 Å². The first-order chi connectivity index (χ1) is 14.3. The van der Waals surface area contributed by atoms with E-state index in [9.17, 15) is 17.6 Å². The van der Waals surface area contributed by atoms with Crippen molar-refractivity contribution in [3.8, 4) is 45.3 Å². The molecule has 0 spiro atoms. The van der Waals surface area contributed by atoms with E-state index in [0.717, 1.165) is 28.4 Å². The van der Waals surface area contributed by atoms with Gasteiger partial charge in [-0.15, -0.1) is 0 Å². The molecule has 0 bridgehead atoms. The van der Waals surface area contributed by atoms with Gasteiger partial charge in [-0.3, -0.25) is 0 Å². The Morgan fingerprint density at radius 2 is 0.700 bits per heavy atom. The van der Waals surface area contributed by atoms with Gasteiger partial charge in [0.25, 0.3) is 0 Å². The Balaban J connectivity index is 2.45. The summed E-state index contributed by atoms with van der Waals surface area (Å²) in [5.74, 6) is -12.6. The van der Waals surface area contributed by atoms with E-state index in [4.69, 9.17) is 18.9 Å². The lowest BCUT2D eigenvalue weighted by Gasteiger charge is -2.18. The summed E-state index contributed by atoms with van der Waals surface area (Å²) in [5.41, 5.74) is -2.59. The summed E-state index contributed by atoms with van der Waals surface area (Å²) < 4.78 is 108. The number of hydrogen-bond acceptors (Lipinski definition) is 4. The molecule has 0 fully saturated rings. The number of hydrogen-bond donors (Lipinski definition) is 0. The molecule has 4 nitrogen and oxygen atoms in total. The molecule has 158 valence electrons. The minimum absolute atomic E-state index is 0.210. The third-order valence-electron chi connectivity index (χ3n) is 5.04. The molecule has 30 heavy (non-hydrogen) atoms. The van der Waals surface area contributed by atoms with Crippen molar-refractivity contribution in [1.82, 2.24) is 0 Å². The third kappa shape index (κ3) is 2.13. The largest absolute Gasteiger partial charge is 0.493 e. The second-order valence-corrected chi connectivity index (χ2v) is 6.27. The van der Waals surface area contributed by atoms with Crippen LogP contribution in [0.5, 0.6) is 23.0 Å². The molecule has 0 heterocycles. The summed E-state index contributed by atoms with van der Waals surface area (Å²) in [4.78, 5) is 0. The van der Waals surface area contributed by atoms with Gasteiger partial charge in [-0.05, 0) is 0 Å². The lowest BCUT2D eigenvalue weighted by molar-refractivity contribution is 0.345. The molecule has 1 aliphatic rings. The zero-order valence-electron chi connectivity index (χ0n) is 15.9. The second-order valence-electron chi connectivity index (χ2n) is 6.27. The molecule has 0 saturated heterocycles. The highest BCUT2D eigenvalue weighted by Crippen LogP contribution is 2.62. The Morgan fingerprint density at radius 1 is 0.367 bits per heavy atom. The molecule has 0 aliphatic heterocycles. The minimum atomic E-state index is -2.11. The summed E-state index contributed by atoms with van der Waals surface area (Å²) >= 11 is 0. The fourth-order valence-corrected chi connectivity index (χ4v) is 3.92. The van der Waals surface area contributed by atoms with E-state index in [0.29, 0.717) is 0 Å². The van der Waals surface area contributed by atoms with Gasteiger partial charge in [-0.1, -0.05) is 0 Å². The average Bonchev–Trinajstić information content (AvgIpc) is 3.07. The van der Waals surface area contributed by atoms with Crippen molar-refractivity contribution in [2.75, 3.05) is 28.4 Å². The van der Waals surface area contributed by atoms with Gasteiger partial charge in [-0.25, -0.2) is 17.6 Å². The lowest BCUT2D eigenvalue weighted by Crippen LogP contribution is -2.02. The van der Waals surface area contributed by atoms with Crippen LogP contribution >= 0.6 is 0 Å². The van der Waals surface area contributed by atoms with Crippen molar-refractivity contribution >= 4 is 10.8 Å².